The number of hydrogen-bond donors (Lipinski definition) is 2. The fourth-order valence-corrected chi connectivity index (χ4v) is 2.14. The van der Waals surface area contributed by atoms with Gasteiger partial charge in [-0.05, 0) is 46.5 Å². The Labute approximate surface area is 104 Å². The lowest BCUT2D eigenvalue weighted by Crippen LogP contribution is -2.51. The molecule has 0 aromatic carbocycles. The molecule has 0 saturated heterocycles. The molecule has 0 aromatic rings. The van der Waals surface area contributed by atoms with Gasteiger partial charge in [-0.3, -0.25) is 0 Å². The lowest BCUT2D eigenvalue weighted by Gasteiger charge is -2.34. The summed E-state index contributed by atoms with van der Waals surface area (Å²) in [5, 5.41) is 12.8. The maximum Gasteiger partial charge on any atom is 0.317 e. The number of amides is 2. The fourth-order valence-electron chi connectivity index (χ4n) is 2.14. The molecule has 1 aliphatic carbocycles. The number of carbonyl (C=O) groups is 1. The number of urea groups is 1. The van der Waals surface area contributed by atoms with Gasteiger partial charge in [0.05, 0.1) is 12.1 Å². The monoisotopic (exact) mass is 242 g/mol. The summed E-state index contributed by atoms with van der Waals surface area (Å²) >= 11 is 0. The summed E-state index contributed by atoms with van der Waals surface area (Å²) in [5.74, 6) is 0.639. The molecule has 0 heterocycles. The Balaban J connectivity index is 2.42. The third kappa shape index (κ3) is 4.54. The quantitative estimate of drug-likeness (QED) is 0.774. The largest absolute Gasteiger partial charge is 0.389 e. The van der Waals surface area contributed by atoms with Crippen molar-refractivity contribution >= 4 is 6.03 Å². The van der Waals surface area contributed by atoms with Gasteiger partial charge in [-0.2, -0.15) is 0 Å². The van der Waals surface area contributed by atoms with Crippen molar-refractivity contribution < 1.29 is 9.90 Å². The Morgan fingerprint density at radius 1 is 1.53 bits per heavy atom. The van der Waals surface area contributed by atoms with E-state index >= 15 is 0 Å². The van der Waals surface area contributed by atoms with Gasteiger partial charge >= 0.3 is 6.03 Å². The maximum atomic E-state index is 12.0. The zero-order valence-corrected chi connectivity index (χ0v) is 11.5. The number of aliphatic hydroxyl groups is 1. The Morgan fingerprint density at radius 2 is 2.12 bits per heavy atom. The number of carbonyl (C=O) groups excluding carboxylic acids is 1. The highest BCUT2D eigenvalue weighted by atomic mass is 16.3. The standard InChI is InChI=1S/C13H26N2O2/c1-5-15(9-13(3,4)17)12(16)14-10(2)11-7-6-8-11/h10-11,17H,5-9H2,1-4H3,(H,14,16). The molecule has 1 unspecified atom stereocenters. The van der Waals surface area contributed by atoms with Crippen LogP contribution in [0, 0.1) is 5.92 Å². The number of nitrogens with zero attached hydrogens (tertiary/aromatic N) is 1. The summed E-state index contributed by atoms with van der Waals surface area (Å²) in [5.41, 5.74) is -0.840. The van der Waals surface area contributed by atoms with Gasteiger partial charge in [0, 0.05) is 12.6 Å². The molecule has 1 rings (SSSR count). The van der Waals surface area contributed by atoms with Gasteiger partial charge in [0.15, 0.2) is 0 Å². The molecule has 100 valence electrons. The van der Waals surface area contributed by atoms with Crippen molar-refractivity contribution in [3.05, 3.63) is 0 Å². The van der Waals surface area contributed by atoms with Gasteiger partial charge in [-0.15, -0.1) is 0 Å². The van der Waals surface area contributed by atoms with Crippen LogP contribution in [0.1, 0.15) is 47.0 Å². The minimum Gasteiger partial charge on any atom is -0.389 e. The van der Waals surface area contributed by atoms with E-state index in [-0.39, 0.29) is 12.1 Å². The molecule has 1 fully saturated rings. The minimum atomic E-state index is -0.840. The first kappa shape index (κ1) is 14.3. The molecular weight excluding hydrogens is 216 g/mol. The molecule has 4 nitrogen and oxygen atoms in total. The average molecular weight is 242 g/mol. The van der Waals surface area contributed by atoms with Crippen LogP contribution in [0.15, 0.2) is 0 Å². The van der Waals surface area contributed by atoms with E-state index in [1.165, 1.54) is 19.3 Å². The summed E-state index contributed by atoms with van der Waals surface area (Å²) in [6.07, 6.45) is 3.73. The Hall–Kier alpha value is -0.770. The third-order valence-corrected chi connectivity index (χ3v) is 3.45. The number of hydrogen-bond acceptors (Lipinski definition) is 2. The van der Waals surface area contributed by atoms with E-state index in [4.69, 9.17) is 0 Å². The van der Waals surface area contributed by atoms with Crippen LogP contribution in [0.5, 0.6) is 0 Å². The van der Waals surface area contributed by atoms with Gasteiger partial charge in [0.2, 0.25) is 0 Å². The van der Waals surface area contributed by atoms with E-state index in [9.17, 15) is 9.90 Å². The second-order valence-electron chi connectivity index (χ2n) is 5.76. The topological polar surface area (TPSA) is 52.6 Å². The minimum absolute atomic E-state index is 0.0611. The summed E-state index contributed by atoms with van der Waals surface area (Å²) < 4.78 is 0. The lowest BCUT2D eigenvalue weighted by atomic mass is 9.80. The molecule has 2 amide bonds. The van der Waals surface area contributed by atoms with Gasteiger partial charge in [-0.25, -0.2) is 4.79 Å². The SMILES string of the molecule is CCN(CC(C)(C)O)C(=O)NC(C)C1CCC1. The molecule has 1 aliphatic rings. The first-order chi connectivity index (χ1) is 7.83. The molecule has 0 aromatic heterocycles. The van der Waals surface area contributed by atoms with E-state index in [0.717, 1.165) is 0 Å². The van der Waals surface area contributed by atoms with E-state index < -0.39 is 5.60 Å². The predicted octanol–water partition coefficient (Wildman–Crippen LogP) is 1.98. The number of nitrogens with one attached hydrogen (secondary N) is 1. The average Bonchev–Trinajstić information content (AvgIpc) is 2.09. The van der Waals surface area contributed by atoms with Crippen molar-refractivity contribution in [3.8, 4) is 0 Å². The number of rotatable bonds is 5. The second kappa shape index (κ2) is 5.71. The molecule has 0 aliphatic heterocycles. The van der Waals surface area contributed by atoms with Gasteiger partial charge in [0.1, 0.15) is 0 Å². The molecule has 0 spiro atoms. The molecular formula is C13H26N2O2. The molecule has 4 heteroatoms. The molecule has 1 saturated carbocycles. The Morgan fingerprint density at radius 3 is 2.47 bits per heavy atom. The van der Waals surface area contributed by atoms with Gasteiger partial charge < -0.3 is 15.3 Å². The summed E-state index contributed by atoms with van der Waals surface area (Å²) in [6.45, 7) is 8.43. The van der Waals surface area contributed by atoms with E-state index in [1.807, 2.05) is 6.92 Å². The van der Waals surface area contributed by atoms with Gasteiger partial charge in [-0.1, -0.05) is 6.42 Å². The molecule has 17 heavy (non-hydrogen) atoms. The lowest BCUT2D eigenvalue weighted by molar-refractivity contribution is 0.0469. The summed E-state index contributed by atoms with van der Waals surface area (Å²) in [7, 11) is 0. The van der Waals surface area contributed by atoms with Crippen molar-refractivity contribution in [3.63, 3.8) is 0 Å². The third-order valence-electron chi connectivity index (χ3n) is 3.45. The second-order valence-corrected chi connectivity index (χ2v) is 5.76. The van der Waals surface area contributed by atoms with Crippen LogP contribution in [0.25, 0.3) is 0 Å². The fraction of sp³-hybridized carbons (Fsp3) is 0.923. The zero-order chi connectivity index (χ0) is 13.1. The summed E-state index contributed by atoms with van der Waals surface area (Å²) in [6, 6.07) is 0.182. The van der Waals surface area contributed by atoms with Crippen molar-refractivity contribution in [1.29, 1.82) is 0 Å². The highest BCUT2D eigenvalue weighted by molar-refractivity contribution is 5.74. The normalized spacial score (nSPS) is 18.4. The van der Waals surface area contributed by atoms with E-state index in [2.05, 4.69) is 12.2 Å². The zero-order valence-electron chi connectivity index (χ0n) is 11.5. The molecule has 0 bridgehead atoms. The molecule has 2 N–H and O–H groups in total. The van der Waals surface area contributed by atoms with Crippen molar-refractivity contribution in [2.45, 2.75) is 58.6 Å². The van der Waals surface area contributed by atoms with Crippen LogP contribution in [0.2, 0.25) is 0 Å². The van der Waals surface area contributed by atoms with Crippen LogP contribution < -0.4 is 5.32 Å². The Kier molecular flexibility index (Phi) is 4.80. The van der Waals surface area contributed by atoms with Crippen molar-refractivity contribution in [2.75, 3.05) is 13.1 Å². The van der Waals surface area contributed by atoms with Crippen LogP contribution in [-0.2, 0) is 0 Å². The molecule has 0 radical (unpaired) electrons. The summed E-state index contributed by atoms with van der Waals surface area (Å²) in [4.78, 5) is 13.7. The highest BCUT2D eigenvalue weighted by Gasteiger charge is 2.27. The number of likely N-dealkylation sites (N-methyl/N-ethyl adjacent to an activating group) is 1. The van der Waals surface area contributed by atoms with Crippen LogP contribution in [0.4, 0.5) is 4.79 Å². The smallest absolute Gasteiger partial charge is 0.317 e. The van der Waals surface area contributed by atoms with E-state index in [1.54, 1.807) is 18.7 Å². The van der Waals surface area contributed by atoms with Crippen LogP contribution in [0.3, 0.4) is 0 Å². The van der Waals surface area contributed by atoms with Gasteiger partial charge in [0.25, 0.3) is 0 Å². The van der Waals surface area contributed by atoms with Crippen molar-refractivity contribution in [2.24, 2.45) is 5.92 Å². The van der Waals surface area contributed by atoms with Crippen molar-refractivity contribution in [1.82, 2.24) is 10.2 Å². The Bertz CT molecular complexity index is 257. The highest BCUT2D eigenvalue weighted by Crippen LogP contribution is 2.29. The first-order valence-corrected chi connectivity index (χ1v) is 6.61. The maximum absolute atomic E-state index is 12.0. The molecule has 1 atom stereocenters. The van der Waals surface area contributed by atoms with Crippen LogP contribution in [-0.4, -0.2) is 40.8 Å². The first-order valence-electron chi connectivity index (χ1n) is 6.61. The van der Waals surface area contributed by atoms with Crippen LogP contribution >= 0.6 is 0 Å². The predicted molar refractivity (Wildman–Crippen MR) is 68.9 cm³/mol. The van der Waals surface area contributed by atoms with E-state index in [0.29, 0.717) is 19.0 Å².